The summed E-state index contributed by atoms with van der Waals surface area (Å²) in [6.07, 6.45) is 4.49. The van der Waals surface area contributed by atoms with Gasteiger partial charge in [0, 0.05) is 18.6 Å². The van der Waals surface area contributed by atoms with Gasteiger partial charge in [-0.25, -0.2) is 0 Å². The maximum atomic E-state index is 9.69. The second kappa shape index (κ2) is 6.07. The van der Waals surface area contributed by atoms with Gasteiger partial charge in [0.25, 0.3) is 0 Å². The lowest BCUT2D eigenvalue weighted by molar-refractivity contribution is 0.341. The maximum Gasteiger partial charge on any atom is 0.160 e. The number of rotatable bonds is 4. The van der Waals surface area contributed by atoms with Crippen molar-refractivity contribution in [3.05, 3.63) is 23.8 Å². The van der Waals surface area contributed by atoms with Crippen LogP contribution in [0.4, 0.5) is 0 Å². The topological polar surface area (TPSA) is 67.5 Å². The van der Waals surface area contributed by atoms with Crippen LogP contribution in [0.15, 0.2) is 18.2 Å². The van der Waals surface area contributed by atoms with Crippen molar-refractivity contribution in [3.63, 3.8) is 0 Å². The minimum Gasteiger partial charge on any atom is -0.504 e. The van der Waals surface area contributed by atoms with Gasteiger partial charge in [0.1, 0.15) is 0 Å². The molecule has 0 spiro atoms. The Morgan fingerprint density at radius 2 is 2.06 bits per heavy atom. The zero-order valence-electron chi connectivity index (χ0n) is 10.9. The molecule has 0 aliphatic heterocycles. The van der Waals surface area contributed by atoms with Crippen LogP contribution in [0, 0.1) is 0 Å². The molecule has 0 saturated heterocycles. The van der Waals surface area contributed by atoms with E-state index in [4.69, 9.17) is 10.5 Å². The molecule has 0 radical (unpaired) electrons. The van der Waals surface area contributed by atoms with Crippen molar-refractivity contribution in [3.8, 4) is 11.5 Å². The monoisotopic (exact) mass is 250 g/mol. The molecule has 0 amide bonds. The molecule has 1 aromatic carbocycles. The molecule has 1 aromatic rings. The largest absolute Gasteiger partial charge is 0.504 e. The fourth-order valence-corrected chi connectivity index (χ4v) is 2.43. The minimum atomic E-state index is 0.197. The fourth-order valence-electron chi connectivity index (χ4n) is 2.43. The minimum absolute atomic E-state index is 0.197. The fraction of sp³-hybridized carbons (Fsp3) is 0.571. The first kappa shape index (κ1) is 13.2. The van der Waals surface area contributed by atoms with E-state index in [1.165, 1.54) is 0 Å². The first-order valence-corrected chi connectivity index (χ1v) is 6.54. The van der Waals surface area contributed by atoms with E-state index < -0.39 is 0 Å². The van der Waals surface area contributed by atoms with E-state index in [1.807, 2.05) is 6.07 Å². The van der Waals surface area contributed by atoms with Crippen molar-refractivity contribution in [1.82, 2.24) is 5.32 Å². The van der Waals surface area contributed by atoms with E-state index in [0.29, 0.717) is 17.8 Å². The Balaban J connectivity index is 1.84. The van der Waals surface area contributed by atoms with Crippen LogP contribution in [0.1, 0.15) is 31.2 Å². The number of nitrogens with one attached hydrogen (secondary N) is 1. The van der Waals surface area contributed by atoms with Crippen molar-refractivity contribution in [2.24, 2.45) is 5.73 Å². The predicted octanol–water partition coefficient (Wildman–Crippen LogP) is 1.76. The van der Waals surface area contributed by atoms with Crippen LogP contribution < -0.4 is 15.8 Å². The first-order chi connectivity index (χ1) is 8.69. The highest BCUT2D eigenvalue weighted by atomic mass is 16.5. The highest BCUT2D eigenvalue weighted by Crippen LogP contribution is 2.26. The number of ether oxygens (including phenoxy) is 1. The highest BCUT2D eigenvalue weighted by molar-refractivity contribution is 5.41. The van der Waals surface area contributed by atoms with Gasteiger partial charge in [-0.05, 0) is 43.4 Å². The average molecular weight is 250 g/mol. The summed E-state index contributed by atoms with van der Waals surface area (Å²) in [7, 11) is 1.55. The summed E-state index contributed by atoms with van der Waals surface area (Å²) in [5, 5.41) is 13.2. The summed E-state index contributed by atoms with van der Waals surface area (Å²) < 4.78 is 5.02. The molecule has 100 valence electrons. The number of hydrogen-bond donors (Lipinski definition) is 3. The maximum absolute atomic E-state index is 9.69. The Morgan fingerprint density at radius 1 is 1.33 bits per heavy atom. The van der Waals surface area contributed by atoms with Crippen LogP contribution >= 0.6 is 0 Å². The summed E-state index contributed by atoms with van der Waals surface area (Å²) >= 11 is 0. The van der Waals surface area contributed by atoms with Crippen molar-refractivity contribution in [2.75, 3.05) is 7.11 Å². The van der Waals surface area contributed by atoms with Gasteiger partial charge in [0.15, 0.2) is 11.5 Å². The van der Waals surface area contributed by atoms with Gasteiger partial charge >= 0.3 is 0 Å². The predicted molar refractivity (Wildman–Crippen MR) is 71.7 cm³/mol. The van der Waals surface area contributed by atoms with Crippen molar-refractivity contribution >= 4 is 0 Å². The lowest BCUT2D eigenvalue weighted by Crippen LogP contribution is -2.36. The SMILES string of the molecule is COc1ccc(CNC2CCC(N)CC2)cc1O. The molecule has 0 aromatic heterocycles. The summed E-state index contributed by atoms with van der Waals surface area (Å²) in [6.45, 7) is 0.775. The summed E-state index contributed by atoms with van der Waals surface area (Å²) in [6, 6.07) is 6.45. The van der Waals surface area contributed by atoms with Crippen molar-refractivity contribution in [2.45, 2.75) is 44.3 Å². The molecule has 1 fully saturated rings. The van der Waals surface area contributed by atoms with E-state index in [-0.39, 0.29) is 5.75 Å². The lowest BCUT2D eigenvalue weighted by Gasteiger charge is -2.27. The van der Waals surface area contributed by atoms with Gasteiger partial charge in [0.2, 0.25) is 0 Å². The molecule has 1 saturated carbocycles. The van der Waals surface area contributed by atoms with Crippen LogP contribution in [-0.4, -0.2) is 24.3 Å². The van der Waals surface area contributed by atoms with E-state index in [9.17, 15) is 5.11 Å². The van der Waals surface area contributed by atoms with Gasteiger partial charge in [-0.3, -0.25) is 0 Å². The molecule has 1 aliphatic rings. The number of aromatic hydroxyl groups is 1. The Labute approximate surface area is 108 Å². The molecular formula is C14H22N2O2. The lowest BCUT2D eigenvalue weighted by atomic mass is 9.92. The van der Waals surface area contributed by atoms with Crippen LogP contribution in [-0.2, 0) is 6.54 Å². The molecule has 0 atom stereocenters. The van der Waals surface area contributed by atoms with Gasteiger partial charge in [0.05, 0.1) is 7.11 Å². The van der Waals surface area contributed by atoms with Gasteiger partial charge < -0.3 is 20.9 Å². The zero-order chi connectivity index (χ0) is 13.0. The van der Waals surface area contributed by atoms with Gasteiger partial charge in [-0.15, -0.1) is 0 Å². The average Bonchev–Trinajstić information content (AvgIpc) is 2.38. The first-order valence-electron chi connectivity index (χ1n) is 6.54. The van der Waals surface area contributed by atoms with Crippen molar-refractivity contribution < 1.29 is 9.84 Å². The van der Waals surface area contributed by atoms with Crippen LogP contribution in [0.5, 0.6) is 11.5 Å². The molecular weight excluding hydrogens is 228 g/mol. The second-order valence-electron chi connectivity index (χ2n) is 5.00. The quantitative estimate of drug-likeness (QED) is 0.761. The molecule has 4 nitrogen and oxygen atoms in total. The Hall–Kier alpha value is -1.26. The standard InChI is InChI=1S/C14H22N2O2/c1-18-14-7-2-10(8-13(14)17)9-16-12-5-3-11(15)4-6-12/h2,7-8,11-12,16-17H,3-6,9,15H2,1H3. The molecule has 0 heterocycles. The number of benzene rings is 1. The number of phenolic OH excluding ortho intramolecular Hbond substituents is 1. The van der Waals surface area contributed by atoms with Gasteiger partial charge in [-0.1, -0.05) is 6.07 Å². The molecule has 0 unspecified atom stereocenters. The van der Waals surface area contributed by atoms with E-state index in [0.717, 1.165) is 37.8 Å². The highest BCUT2D eigenvalue weighted by Gasteiger charge is 2.17. The third-order valence-electron chi connectivity index (χ3n) is 3.61. The molecule has 4 heteroatoms. The van der Waals surface area contributed by atoms with Crippen LogP contribution in [0.2, 0.25) is 0 Å². The van der Waals surface area contributed by atoms with E-state index in [1.54, 1.807) is 19.2 Å². The summed E-state index contributed by atoms with van der Waals surface area (Å²) in [5.74, 6) is 0.713. The summed E-state index contributed by atoms with van der Waals surface area (Å²) in [4.78, 5) is 0. The molecule has 1 aliphatic carbocycles. The Morgan fingerprint density at radius 3 is 2.67 bits per heavy atom. The van der Waals surface area contributed by atoms with Gasteiger partial charge in [-0.2, -0.15) is 0 Å². The summed E-state index contributed by atoms with van der Waals surface area (Å²) in [5.41, 5.74) is 6.95. The third-order valence-corrected chi connectivity index (χ3v) is 3.61. The number of phenols is 1. The zero-order valence-corrected chi connectivity index (χ0v) is 10.9. The normalized spacial score (nSPS) is 23.9. The number of nitrogens with two attached hydrogens (primary N) is 1. The number of hydrogen-bond acceptors (Lipinski definition) is 4. The Kier molecular flexibility index (Phi) is 4.44. The molecule has 2 rings (SSSR count). The van der Waals surface area contributed by atoms with Crippen LogP contribution in [0.3, 0.4) is 0 Å². The molecule has 4 N–H and O–H groups in total. The van der Waals surface area contributed by atoms with E-state index >= 15 is 0 Å². The third kappa shape index (κ3) is 3.37. The second-order valence-corrected chi connectivity index (χ2v) is 5.00. The van der Waals surface area contributed by atoms with E-state index in [2.05, 4.69) is 5.32 Å². The smallest absolute Gasteiger partial charge is 0.160 e. The molecule has 0 bridgehead atoms. The Bertz CT molecular complexity index is 387. The van der Waals surface area contributed by atoms with Crippen LogP contribution in [0.25, 0.3) is 0 Å². The van der Waals surface area contributed by atoms with Crippen molar-refractivity contribution in [1.29, 1.82) is 0 Å². The number of methoxy groups -OCH3 is 1. The molecule has 18 heavy (non-hydrogen) atoms.